The molecule has 1 unspecified atom stereocenters. The van der Waals surface area contributed by atoms with E-state index in [1.807, 2.05) is 6.92 Å². The molecule has 0 aliphatic carbocycles. The average molecular weight is 118 g/mol. The monoisotopic (exact) mass is 118 g/mol. The molecule has 1 radical (unpaired) electrons. The molecule has 0 amide bonds. The van der Waals surface area contributed by atoms with Crippen LogP contribution in [-0.2, 0) is 15.9 Å². The van der Waals surface area contributed by atoms with Gasteiger partial charge in [-0.05, 0) is 13.3 Å². The predicted molar refractivity (Wildman–Crippen MR) is 32.1 cm³/mol. The molecule has 1 nitrogen and oxygen atoms in total. The van der Waals surface area contributed by atoms with Crippen LogP contribution >= 0.6 is 0 Å². The summed E-state index contributed by atoms with van der Waals surface area (Å²) < 4.78 is 9.78. The fraction of sp³-hybridized carbons (Fsp3) is 0.800. The maximum absolute atomic E-state index is 9.78. The first kappa shape index (κ1) is 7.02. The second-order valence-electron chi connectivity index (χ2n) is 1.56. The van der Waals surface area contributed by atoms with Crippen molar-refractivity contribution in [2.45, 2.75) is 13.3 Å². The Hall–Kier alpha value is 0.0200. The van der Waals surface area contributed by atoms with Crippen molar-refractivity contribution in [2.24, 2.45) is 5.92 Å². The second kappa shape index (κ2) is 4.19. The van der Waals surface area contributed by atoms with Crippen molar-refractivity contribution < 1.29 is 4.21 Å². The van der Waals surface area contributed by atoms with Crippen molar-refractivity contribution in [3.8, 4) is 0 Å². The Morgan fingerprint density at radius 3 is 2.57 bits per heavy atom. The van der Waals surface area contributed by atoms with E-state index in [1.54, 1.807) is 0 Å². The molecule has 0 saturated carbocycles. The van der Waals surface area contributed by atoms with Gasteiger partial charge in [0.15, 0.2) is 0 Å². The Morgan fingerprint density at radius 1 is 1.86 bits per heavy atom. The SMILES string of the molecule is [CH2]C(CC)C[S+]=O. The van der Waals surface area contributed by atoms with E-state index in [0.717, 1.165) is 6.42 Å². The van der Waals surface area contributed by atoms with E-state index in [9.17, 15) is 4.21 Å². The van der Waals surface area contributed by atoms with Gasteiger partial charge in [-0.25, -0.2) is 0 Å². The summed E-state index contributed by atoms with van der Waals surface area (Å²) in [5, 5.41) is 0. The van der Waals surface area contributed by atoms with Gasteiger partial charge in [0.2, 0.25) is 5.75 Å². The maximum atomic E-state index is 9.78. The van der Waals surface area contributed by atoms with Gasteiger partial charge in [0.05, 0.1) is 0 Å². The minimum atomic E-state index is 0.350. The lowest BCUT2D eigenvalue weighted by Crippen LogP contribution is -1.96. The molecule has 0 aromatic heterocycles. The zero-order chi connectivity index (χ0) is 5.70. The summed E-state index contributed by atoms with van der Waals surface area (Å²) in [4.78, 5) is 0. The van der Waals surface area contributed by atoms with Gasteiger partial charge in [0, 0.05) is 10.1 Å². The lowest BCUT2D eigenvalue weighted by atomic mass is 10.2. The molecule has 2 heteroatoms. The van der Waals surface area contributed by atoms with Gasteiger partial charge < -0.3 is 0 Å². The topological polar surface area (TPSA) is 17.1 Å². The molecular weight excluding hydrogens is 108 g/mol. The van der Waals surface area contributed by atoms with Crippen molar-refractivity contribution in [2.75, 3.05) is 5.75 Å². The quantitative estimate of drug-likeness (QED) is 0.510. The van der Waals surface area contributed by atoms with Crippen molar-refractivity contribution in [3.63, 3.8) is 0 Å². The van der Waals surface area contributed by atoms with Crippen molar-refractivity contribution in [3.05, 3.63) is 6.92 Å². The second-order valence-corrected chi connectivity index (χ2v) is 2.13. The summed E-state index contributed by atoms with van der Waals surface area (Å²) in [6.45, 7) is 5.76. The Kier molecular flexibility index (Phi) is 4.20. The van der Waals surface area contributed by atoms with Crippen LogP contribution in [0.4, 0.5) is 0 Å². The first-order valence-electron chi connectivity index (χ1n) is 2.39. The van der Waals surface area contributed by atoms with E-state index in [1.165, 1.54) is 0 Å². The summed E-state index contributed by atoms with van der Waals surface area (Å²) in [7, 11) is 0. The highest BCUT2D eigenvalue weighted by atomic mass is 32.1. The van der Waals surface area contributed by atoms with Gasteiger partial charge in [-0.15, -0.1) is 0 Å². The van der Waals surface area contributed by atoms with E-state index in [0.29, 0.717) is 23.3 Å². The van der Waals surface area contributed by atoms with Crippen LogP contribution in [0.5, 0.6) is 0 Å². The van der Waals surface area contributed by atoms with E-state index in [4.69, 9.17) is 0 Å². The predicted octanol–water partition coefficient (Wildman–Crippen LogP) is 1.27. The minimum absolute atomic E-state index is 0.350. The highest BCUT2D eigenvalue weighted by Gasteiger charge is 2.05. The summed E-state index contributed by atoms with van der Waals surface area (Å²) in [5.41, 5.74) is 0. The van der Waals surface area contributed by atoms with E-state index in [-0.39, 0.29) is 0 Å². The van der Waals surface area contributed by atoms with Crippen molar-refractivity contribution in [1.29, 1.82) is 0 Å². The van der Waals surface area contributed by atoms with Crippen LogP contribution in [0.1, 0.15) is 13.3 Å². The van der Waals surface area contributed by atoms with Crippen LogP contribution in [0.3, 0.4) is 0 Å². The Labute approximate surface area is 48.6 Å². The fourth-order valence-electron chi connectivity index (χ4n) is 0.214. The van der Waals surface area contributed by atoms with Gasteiger partial charge in [-0.1, -0.05) is 6.92 Å². The van der Waals surface area contributed by atoms with E-state index in [2.05, 4.69) is 6.92 Å². The highest BCUT2D eigenvalue weighted by Crippen LogP contribution is 1.96. The summed E-state index contributed by atoms with van der Waals surface area (Å²) >= 11 is 0.622. The molecule has 0 bridgehead atoms. The molecule has 0 rings (SSSR count). The van der Waals surface area contributed by atoms with Gasteiger partial charge in [-0.2, -0.15) is 0 Å². The lowest BCUT2D eigenvalue weighted by Gasteiger charge is -1.90. The largest absolute Gasteiger partial charge is 0.458 e. The van der Waals surface area contributed by atoms with E-state index < -0.39 is 0 Å². The molecule has 0 heterocycles. The van der Waals surface area contributed by atoms with Gasteiger partial charge >= 0.3 is 11.7 Å². The molecule has 0 aromatic rings. The molecule has 7 heavy (non-hydrogen) atoms. The molecule has 0 N–H and O–H groups in total. The number of hydrogen-bond acceptors (Lipinski definition) is 1. The molecule has 1 atom stereocenters. The molecule has 41 valence electrons. The highest BCUT2D eigenvalue weighted by molar-refractivity contribution is 7.65. The standard InChI is InChI=1S/C5H10OS/c1-3-5(2)4-7-6/h5H,2-4H2,1H3/q+1. The Morgan fingerprint density at radius 2 is 2.43 bits per heavy atom. The molecular formula is C5H10OS+. The third-order valence-corrected chi connectivity index (χ3v) is 1.49. The first-order chi connectivity index (χ1) is 3.31. The summed E-state index contributed by atoms with van der Waals surface area (Å²) in [6.07, 6.45) is 1.01. The third kappa shape index (κ3) is 3.86. The van der Waals surface area contributed by atoms with Crippen LogP contribution in [0.15, 0.2) is 0 Å². The minimum Gasteiger partial charge on any atom is -0.0649 e. The molecule has 0 saturated heterocycles. The molecule has 0 spiro atoms. The maximum Gasteiger partial charge on any atom is 0.458 e. The molecule has 0 aliphatic rings. The normalized spacial score (nSPS) is 13.4. The van der Waals surface area contributed by atoms with Crippen LogP contribution in [-0.4, -0.2) is 5.75 Å². The Balaban J connectivity index is 2.98. The van der Waals surface area contributed by atoms with Gasteiger partial charge in [-0.3, -0.25) is 0 Å². The first-order valence-corrected chi connectivity index (χ1v) is 3.30. The summed E-state index contributed by atoms with van der Waals surface area (Å²) in [6, 6.07) is 0. The average Bonchev–Trinajstić information content (AvgIpc) is 1.68. The Bertz CT molecular complexity index is 54.0. The van der Waals surface area contributed by atoms with Crippen LogP contribution in [0, 0.1) is 12.8 Å². The van der Waals surface area contributed by atoms with Crippen molar-refractivity contribution in [1.82, 2.24) is 0 Å². The van der Waals surface area contributed by atoms with Gasteiger partial charge in [0.1, 0.15) is 0 Å². The zero-order valence-electron chi connectivity index (χ0n) is 4.52. The third-order valence-electron chi connectivity index (χ3n) is 0.881. The number of rotatable bonds is 3. The molecule has 0 aliphatic heterocycles. The number of hydrogen-bond donors (Lipinski definition) is 0. The molecule has 0 fully saturated rings. The van der Waals surface area contributed by atoms with Crippen LogP contribution in [0.25, 0.3) is 0 Å². The molecule has 0 aromatic carbocycles. The van der Waals surface area contributed by atoms with Crippen LogP contribution < -0.4 is 0 Å². The van der Waals surface area contributed by atoms with E-state index >= 15 is 0 Å². The van der Waals surface area contributed by atoms with Crippen molar-refractivity contribution >= 4 is 11.7 Å². The van der Waals surface area contributed by atoms with Gasteiger partial charge in [0.25, 0.3) is 0 Å². The fourth-order valence-corrected chi connectivity index (χ4v) is 0.642. The smallest absolute Gasteiger partial charge is 0.0649 e. The lowest BCUT2D eigenvalue weighted by molar-refractivity contribution is 0.596. The van der Waals surface area contributed by atoms with Crippen LogP contribution in [0.2, 0.25) is 0 Å². The zero-order valence-corrected chi connectivity index (χ0v) is 5.33. The summed E-state index contributed by atoms with van der Waals surface area (Å²) in [5.74, 6) is 0.999.